The highest BCUT2D eigenvalue weighted by atomic mass is 127. The lowest BCUT2D eigenvalue weighted by molar-refractivity contribution is 0.159. The molecule has 1 aromatic rings. The lowest BCUT2D eigenvalue weighted by Crippen LogP contribution is -2.43. The van der Waals surface area contributed by atoms with E-state index >= 15 is 0 Å². The van der Waals surface area contributed by atoms with Crippen molar-refractivity contribution >= 4 is 29.9 Å². The molecule has 5 nitrogen and oxygen atoms in total. The Bertz CT molecular complexity index is 556. The van der Waals surface area contributed by atoms with Crippen molar-refractivity contribution < 1.29 is 4.74 Å². The Morgan fingerprint density at radius 3 is 2.88 bits per heavy atom. The molecule has 0 saturated carbocycles. The van der Waals surface area contributed by atoms with E-state index < -0.39 is 0 Å². The molecule has 0 aliphatic carbocycles. The zero-order chi connectivity index (χ0) is 17.5. The lowest BCUT2D eigenvalue weighted by atomic mass is 10.0. The molecule has 0 spiro atoms. The maximum Gasteiger partial charge on any atom is 0.191 e. The van der Waals surface area contributed by atoms with Gasteiger partial charge in [0.1, 0.15) is 11.9 Å². The molecule has 2 atom stereocenters. The molecule has 0 aromatic heterocycles. The Kier molecular flexibility index (Phi) is 8.98. The highest BCUT2D eigenvalue weighted by Gasteiger charge is 2.22. The fourth-order valence-electron chi connectivity index (χ4n) is 3.78. The molecule has 0 bridgehead atoms. The van der Waals surface area contributed by atoms with E-state index in [1.54, 1.807) is 0 Å². The Balaban J connectivity index is 0.00000243. The Hall–Kier alpha value is -1.02. The van der Waals surface area contributed by atoms with Gasteiger partial charge >= 0.3 is 0 Å². The van der Waals surface area contributed by atoms with Gasteiger partial charge in [-0.15, -0.1) is 24.0 Å². The van der Waals surface area contributed by atoms with Crippen molar-refractivity contribution in [2.24, 2.45) is 4.99 Å². The van der Waals surface area contributed by atoms with Crippen LogP contribution in [0.15, 0.2) is 29.3 Å². The minimum atomic E-state index is 0. The van der Waals surface area contributed by atoms with Gasteiger partial charge in [-0.2, -0.15) is 0 Å². The molecule has 2 aliphatic rings. The summed E-state index contributed by atoms with van der Waals surface area (Å²) in [4.78, 5) is 6.94. The van der Waals surface area contributed by atoms with E-state index in [1.165, 1.54) is 37.9 Å². The maximum absolute atomic E-state index is 5.97. The summed E-state index contributed by atoms with van der Waals surface area (Å²) >= 11 is 0. The summed E-state index contributed by atoms with van der Waals surface area (Å²) in [6.07, 6.45) is 6.39. The number of rotatable bonds is 6. The van der Waals surface area contributed by atoms with Crippen LogP contribution in [-0.2, 0) is 6.42 Å². The van der Waals surface area contributed by atoms with Crippen LogP contribution in [-0.4, -0.2) is 56.2 Å². The molecule has 1 saturated heterocycles. The predicted octanol–water partition coefficient (Wildman–Crippen LogP) is 3.04. The summed E-state index contributed by atoms with van der Waals surface area (Å²) in [6.45, 7) is 6.51. The van der Waals surface area contributed by atoms with Crippen molar-refractivity contribution in [2.45, 2.75) is 51.2 Å². The number of piperidine rings is 1. The standard InChI is InChI=1S/C20H32N4O.HI/c1-16-8-5-6-12-24(16)13-7-11-22-20(21-2)23-15-18-14-17-9-3-4-10-19(17)25-18;/h3-4,9-10,16,18H,5-8,11-15H2,1-2H3,(H2,21,22,23);1H. The number of nitrogens with zero attached hydrogens (tertiary/aromatic N) is 2. The predicted molar refractivity (Wildman–Crippen MR) is 119 cm³/mol. The number of likely N-dealkylation sites (tertiary alicyclic amines) is 1. The van der Waals surface area contributed by atoms with Gasteiger partial charge in [-0.1, -0.05) is 24.6 Å². The Morgan fingerprint density at radius 2 is 2.12 bits per heavy atom. The van der Waals surface area contributed by atoms with Gasteiger partial charge in [0, 0.05) is 32.6 Å². The van der Waals surface area contributed by atoms with Crippen LogP contribution in [0.4, 0.5) is 0 Å². The summed E-state index contributed by atoms with van der Waals surface area (Å²) in [5, 5.41) is 6.82. The molecule has 3 rings (SSSR count). The first-order valence-corrected chi connectivity index (χ1v) is 9.69. The third-order valence-corrected chi connectivity index (χ3v) is 5.29. The fourth-order valence-corrected chi connectivity index (χ4v) is 3.78. The van der Waals surface area contributed by atoms with Crippen LogP contribution in [0.1, 0.15) is 38.2 Å². The number of nitrogens with one attached hydrogen (secondary N) is 2. The Morgan fingerprint density at radius 1 is 1.27 bits per heavy atom. The minimum absolute atomic E-state index is 0. The summed E-state index contributed by atoms with van der Waals surface area (Å²) < 4.78 is 5.97. The first kappa shape index (κ1) is 21.3. The van der Waals surface area contributed by atoms with E-state index in [0.29, 0.717) is 0 Å². The molecule has 2 unspecified atom stereocenters. The first-order valence-electron chi connectivity index (χ1n) is 9.69. The summed E-state index contributed by atoms with van der Waals surface area (Å²) in [5.74, 6) is 1.89. The van der Waals surface area contributed by atoms with E-state index in [-0.39, 0.29) is 30.1 Å². The molecule has 2 aliphatic heterocycles. The van der Waals surface area contributed by atoms with Crippen molar-refractivity contribution in [3.8, 4) is 5.75 Å². The normalized spacial score (nSPS) is 22.9. The molecule has 2 N–H and O–H groups in total. The fraction of sp³-hybridized carbons (Fsp3) is 0.650. The second-order valence-electron chi connectivity index (χ2n) is 7.17. The second-order valence-corrected chi connectivity index (χ2v) is 7.17. The Labute approximate surface area is 175 Å². The number of halogens is 1. The van der Waals surface area contributed by atoms with Gasteiger partial charge in [-0.05, 0) is 44.4 Å². The van der Waals surface area contributed by atoms with Gasteiger partial charge in [0.25, 0.3) is 0 Å². The van der Waals surface area contributed by atoms with Gasteiger partial charge in [0.2, 0.25) is 0 Å². The quantitative estimate of drug-likeness (QED) is 0.289. The van der Waals surface area contributed by atoms with Crippen molar-refractivity contribution in [3.63, 3.8) is 0 Å². The molecule has 0 radical (unpaired) electrons. The molecule has 0 amide bonds. The average Bonchev–Trinajstić information content (AvgIpc) is 3.05. The number of hydrogen-bond donors (Lipinski definition) is 2. The maximum atomic E-state index is 5.97. The van der Waals surface area contributed by atoms with Crippen LogP contribution in [0.2, 0.25) is 0 Å². The van der Waals surface area contributed by atoms with Crippen LogP contribution in [0, 0.1) is 0 Å². The van der Waals surface area contributed by atoms with Crippen LogP contribution < -0.4 is 15.4 Å². The summed E-state index contributed by atoms with van der Waals surface area (Å²) in [5.41, 5.74) is 1.30. The summed E-state index contributed by atoms with van der Waals surface area (Å²) in [6, 6.07) is 9.03. The highest BCUT2D eigenvalue weighted by molar-refractivity contribution is 14.0. The van der Waals surface area contributed by atoms with Gasteiger partial charge < -0.3 is 20.3 Å². The van der Waals surface area contributed by atoms with Crippen molar-refractivity contribution in [3.05, 3.63) is 29.8 Å². The zero-order valence-electron chi connectivity index (χ0n) is 16.0. The molecule has 146 valence electrons. The van der Waals surface area contributed by atoms with E-state index in [9.17, 15) is 0 Å². The van der Waals surface area contributed by atoms with E-state index in [2.05, 4.69) is 39.6 Å². The topological polar surface area (TPSA) is 48.9 Å². The molecule has 6 heteroatoms. The number of para-hydroxylation sites is 1. The molecule has 1 aromatic carbocycles. The highest BCUT2D eigenvalue weighted by Crippen LogP contribution is 2.27. The number of aliphatic imine (C=N–C) groups is 1. The molecular weight excluding hydrogens is 439 g/mol. The van der Waals surface area contributed by atoms with Crippen molar-refractivity contribution in [1.29, 1.82) is 0 Å². The number of guanidine groups is 1. The third-order valence-electron chi connectivity index (χ3n) is 5.29. The van der Waals surface area contributed by atoms with Gasteiger partial charge in [-0.25, -0.2) is 0 Å². The van der Waals surface area contributed by atoms with Gasteiger partial charge in [-0.3, -0.25) is 4.99 Å². The largest absolute Gasteiger partial charge is 0.488 e. The summed E-state index contributed by atoms with van der Waals surface area (Å²) in [7, 11) is 1.83. The van der Waals surface area contributed by atoms with Gasteiger partial charge in [0.05, 0.1) is 6.54 Å². The number of hydrogen-bond acceptors (Lipinski definition) is 3. The molecule has 2 heterocycles. The monoisotopic (exact) mass is 472 g/mol. The van der Waals surface area contributed by atoms with Crippen LogP contribution in [0.3, 0.4) is 0 Å². The van der Waals surface area contributed by atoms with E-state index in [4.69, 9.17) is 4.74 Å². The number of benzene rings is 1. The SMILES string of the molecule is CN=C(NCCCN1CCCCC1C)NCC1Cc2ccccc2O1.I. The van der Waals surface area contributed by atoms with Crippen LogP contribution in [0.25, 0.3) is 0 Å². The van der Waals surface area contributed by atoms with Crippen LogP contribution >= 0.6 is 24.0 Å². The van der Waals surface area contributed by atoms with Crippen molar-refractivity contribution in [1.82, 2.24) is 15.5 Å². The smallest absolute Gasteiger partial charge is 0.191 e. The third kappa shape index (κ3) is 6.01. The zero-order valence-corrected chi connectivity index (χ0v) is 18.4. The number of fused-ring (bicyclic) bond motifs is 1. The second kappa shape index (κ2) is 11.0. The van der Waals surface area contributed by atoms with Crippen LogP contribution in [0.5, 0.6) is 5.75 Å². The lowest BCUT2D eigenvalue weighted by Gasteiger charge is -2.33. The van der Waals surface area contributed by atoms with E-state index in [1.807, 2.05) is 19.2 Å². The number of ether oxygens (including phenoxy) is 1. The first-order chi connectivity index (χ1) is 12.3. The minimum Gasteiger partial charge on any atom is -0.488 e. The average molecular weight is 472 g/mol. The van der Waals surface area contributed by atoms with E-state index in [0.717, 1.165) is 43.7 Å². The van der Waals surface area contributed by atoms with Crippen molar-refractivity contribution in [2.75, 3.05) is 33.2 Å². The van der Waals surface area contributed by atoms with Gasteiger partial charge in [0.15, 0.2) is 5.96 Å². The molecular formula is C20H33IN4O. The molecule has 26 heavy (non-hydrogen) atoms. The molecule has 1 fully saturated rings.